The lowest BCUT2D eigenvalue weighted by Crippen LogP contribution is -2.37. The van der Waals surface area contributed by atoms with Gasteiger partial charge in [0.1, 0.15) is 0 Å². The lowest BCUT2D eigenvalue weighted by molar-refractivity contribution is -0.206. The number of aliphatic hydroxyl groups is 1. The molecule has 0 fully saturated rings. The number of amides is 1. The number of anilines is 1. The molecule has 8 heteroatoms. The average Bonchev–Trinajstić information content (AvgIpc) is 2.53. The second kappa shape index (κ2) is 6.07. The molecule has 4 nitrogen and oxygen atoms in total. The first-order chi connectivity index (χ1) is 11.3. The van der Waals surface area contributed by atoms with Crippen molar-refractivity contribution in [3.8, 4) is 0 Å². The van der Waals surface area contributed by atoms with Crippen LogP contribution in [0.15, 0.2) is 36.7 Å². The van der Waals surface area contributed by atoms with E-state index in [0.29, 0.717) is 23.6 Å². The van der Waals surface area contributed by atoms with Gasteiger partial charge in [0.05, 0.1) is 11.9 Å². The summed E-state index contributed by atoms with van der Waals surface area (Å²) in [5.41, 5.74) is 1.05. The van der Waals surface area contributed by atoms with E-state index in [1.165, 1.54) is 11.1 Å². The van der Waals surface area contributed by atoms with E-state index >= 15 is 0 Å². The molecule has 1 atom stereocenters. The van der Waals surface area contributed by atoms with Gasteiger partial charge in [0.2, 0.25) is 0 Å². The smallest absolute Gasteiger partial charge is 0.379 e. The molecule has 1 aliphatic heterocycles. The molecule has 0 spiro atoms. The summed E-state index contributed by atoms with van der Waals surface area (Å²) in [4.78, 5) is 17.6. The maximum atomic E-state index is 12.6. The summed E-state index contributed by atoms with van der Waals surface area (Å²) < 4.78 is 37.9. The van der Waals surface area contributed by atoms with Gasteiger partial charge in [-0.1, -0.05) is 11.6 Å². The molecule has 3 rings (SSSR count). The number of benzene rings is 1. The van der Waals surface area contributed by atoms with Crippen LogP contribution in [-0.4, -0.2) is 28.7 Å². The summed E-state index contributed by atoms with van der Waals surface area (Å²) in [6.07, 6.45) is -4.69. The number of halogens is 4. The lowest BCUT2D eigenvalue weighted by atomic mass is 9.98. The highest BCUT2D eigenvalue weighted by Gasteiger charge is 2.40. The molecule has 1 aliphatic rings. The minimum Gasteiger partial charge on any atom is -0.379 e. The fourth-order valence-electron chi connectivity index (χ4n) is 2.63. The van der Waals surface area contributed by atoms with Gasteiger partial charge in [0.25, 0.3) is 5.91 Å². The van der Waals surface area contributed by atoms with Gasteiger partial charge in [-0.25, -0.2) is 0 Å². The Bertz CT molecular complexity index is 795. The Morgan fingerprint density at radius 1 is 1.25 bits per heavy atom. The van der Waals surface area contributed by atoms with Crippen LogP contribution in [0.1, 0.15) is 27.6 Å². The van der Waals surface area contributed by atoms with Gasteiger partial charge in [-0.05, 0) is 36.2 Å². The van der Waals surface area contributed by atoms with Crippen molar-refractivity contribution in [3.63, 3.8) is 0 Å². The highest BCUT2D eigenvalue weighted by atomic mass is 35.5. The second-order valence-electron chi connectivity index (χ2n) is 5.43. The van der Waals surface area contributed by atoms with Crippen LogP contribution in [0.5, 0.6) is 0 Å². The van der Waals surface area contributed by atoms with Crippen molar-refractivity contribution in [2.45, 2.75) is 18.7 Å². The van der Waals surface area contributed by atoms with Gasteiger partial charge >= 0.3 is 6.18 Å². The largest absolute Gasteiger partial charge is 0.418 e. The van der Waals surface area contributed by atoms with E-state index in [4.69, 9.17) is 11.6 Å². The highest BCUT2D eigenvalue weighted by Crippen LogP contribution is 2.34. The third kappa shape index (κ3) is 3.09. The van der Waals surface area contributed by atoms with Gasteiger partial charge < -0.3 is 10.0 Å². The van der Waals surface area contributed by atoms with E-state index in [9.17, 15) is 23.1 Å². The van der Waals surface area contributed by atoms with Crippen molar-refractivity contribution in [2.75, 3.05) is 11.4 Å². The predicted molar refractivity (Wildman–Crippen MR) is 82.1 cm³/mol. The number of rotatable bonds is 2. The van der Waals surface area contributed by atoms with Crippen molar-refractivity contribution in [1.82, 2.24) is 4.98 Å². The van der Waals surface area contributed by atoms with E-state index in [1.807, 2.05) is 0 Å². The molecule has 1 unspecified atom stereocenters. The number of fused-ring (bicyclic) bond motifs is 1. The van der Waals surface area contributed by atoms with E-state index in [1.54, 1.807) is 18.2 Å². The summed E-state index contributed by atoms with van der Waals surface area (Å²) in [5, 5.41) is 9.87. The zero-order chi connectivity index (χ0) is 17.5. The fourth-order valence-corrected chi connectivity index (χ4v) is 2.83. The topological polar surface area (TPSA) is 53.4 Å². The molecule has 2 heterocycles. The van der Waals surface area contributed by atoms with E-state index in [0.717, 1.165) is 17.8 Å². The van der Waals surface area contributed by atoms with Gasteiger partial charge in [-0.15, -0.1) is 0 Å². The molecule has 1 N–H and O–H groups in total. The Labute approximate surface area is 140 Å². The van der Waals surface area contributed by atoms with Crippen LogP contribution < -0.4 is 4.90 Å². The minimum absolute atomic E-state index is 0.210. The number of aliphatic hydroxyl groups excluding tert-OH is 1. The first-order valence-corrected chi connectivity index (χ1v) is 7.45. The van der Waals surface area contributed by atoms with Gasteiger partial charge in [-0.3, -0.25) is 9.78 Å². The fraction of sp³-hybridized carbons (Fsp3) is 0.250. The van der Waals surface area contributed by atoms with Crippen LogP contribution in [0.2, 0.25) is 5.02 Å². The van der Waals surface area contributed by atoms with Crippen molar-refractivity contribution in [2.24, 2.45) is 0 Å². The number of hydrogen-bond acceptors (Lipinski definition) is 3. The molecule has 0 saturated heterocycles. The number of carbonyl (C=O) groups is 1. The van der Waals surface area contributed by atoms with Crippen LogP contribution in [0.25, 0.3) is 0 Å². The number of carbonyl (C=O) groups excluding carboxylic acids is 1. The maximum absolute atomic E-state index is 12.6. The first kappa shape index (κ1) is 16.7. The third-order valence-electron chi connectivity index (χ3n) is 3.83. The second-order valence-corrected chi connectivity index (χ2v) is 5.87. The van der Waals surface area contributed by atoms with Gasteiger partial charge in [0, 0.05) is 28.9 Å². The molecule has 24 heavy (non-hydrogen) atoms. The Morgan fingerprint density at radius 2 is 2.00 bits per heavy atom. The number of hydrogen-bond donors (Lipinski definition) is 1. The van der Waals surface area contributed by atoms with Crippen LogP contribution in [-0.2, 0) is 6.42 Å². The molecule has 1 aromatic heterocycles. The lowest BCUT2D eigenvalue weighted by Gasteiger charge is -2.29. The summed E-state index contributed by atoms with van der Waals surface area (Å²) >= 11 is 5.91. The molecular formula is C16H12ClF3N2O2. The summed E-state index contributed by atoms with van der Waals surface area (Å²) in [6.45, 7) is 0.291. The number of alkyl halides is 3. The molecule has 0 radical (unpaired) electrons. The van der Waals surface area contributed by atoms with Gasteiger partial charge in [0.15, 0.2) is 6.10 Å². The Balaban J connectivity index is 1.93. The third-order valence-corrected chi connectivity index (χ3v) is 4.07. The molecule has 1 amide bonds. The van der Waals surface area contributed by atoms with Gasteiger partial charge in [-0.2, -0.15) is 13.2 Å². The van der Waals surface area contributed by atoms with Crippen molar-refractivity contribution in [3.05, 3.63) is 58.4 Å². The molecule has 2 aromatic rings. The van der Waals surface area contributed by atoms with Crippen LogP contribution >= 0.6 is 11.6 Å². The number of pyridine rings is 1. The summed E-state index contributed by atoms with van der Waals surface area (Å²) in [5.74, 6) is -0.339. The molecule has 0 aliphatic carbocycles. The summed E-state index contributed by atoms with van der Waals surface area (Å²) in [6, 6.07) is 6.01. The monoisotopic (exact) mass is 356 g/mol. The Hall–Kier alpha value is -2.12. The van der Waals surface area contributed by atoms with E-state index in [-0.39, 0.29) is 11.6 Å². The zero-order valence-electron chi connectivity index (χ0n) is 12.2. The molecule has 1 aromatic carbocycles. The average molecular weight is 357 g/mol. The highest BCUT2D eigenvalue weighted by molar-refractivity contribution is 6.30. The van der Waals surface area contributed by atoms with Crippen molar-refractivity contribution in [1.29, 1.82) is 0 Å². The maximum Gasteiger partial charge on any atom is 0.418 e. The SMILES string of the molecule is O=C1c2ccc(Cl)cc2CCN1c1cncc(C(O)C(F)(F)F)c1. The summed E-state index contributed by atoms with van der Waals surface area (Å²) in [7, 11) is 0. The number of aromatic nitrogens is 1. The Kier molecular flexibility index (Phi) is 4.23. The standard InChI is InChI=1S/C16H12ClF3N2O2/c17-11-1-2-13-9(5-11)3-4-22(15(13)24)12-6-10(7-21-8-12)14(23)16(18,19)20/h1-2,5-8,14,23H,3-4H2. The van der Waals surface area contributed by atoms with Crippen LogP contribution in [0, 0.1) is 0 Å². The predicted octanol–water partition coefficient (Wildman–Crippen LogP) is 3.53. The molecule has 0 saturated carbocycles. The van der Waals surface area contributed by atoms with Crippen molar-refractivity contribution < 1.29 is 23.1 Å². The molecule has 126 valence electrons. The first-order valence-electron chi connectivity index (χ1n) is 7.07. The van der Waals surface area contributed by atoms with E-state index < -0.39 is 17.8 Å². The molecule has 0 bridgehead atoms. The normalized spacial score (nSPS) is 16.0. The van der Waals surface area contributed by atoms with E-state index in [2.05, 4.69) is 4.98 Å². The Morgan fingerprint density at radius 3 is 2.71 bits per heavy atom. The van der Waals surface area contributed by atoms with Crippen molar-refractivity contribution >= 4 is 23.2 Å². The zero-order valence-corrected chi connectivity index (χ0v) is 13.0. The van der Waals surface area contributed by atoms with Crippen LogP contribution in [0.3, 0.4) is 0 Å². The quantitative estimate of drug-likeness (QED) is 0.895. The van der Waals surface area contributed by atoms with Crippen LogP contribution in [0.4, 0.5) is 18.9 Å². The molecular weight excluding hydrogens is 345 g/mol. The minimum atomic E-state index is -4.80. The number of nitrogens with zero attached hydrogens (tertiary/aromatic N) is 2.